The maximum Gasteiger partial charge on any atom is 0.416 e. The quantitative estimate of drug-likeness (QED) is 0.875. The zero-order chi connectivity index (χ0) is 12.5. The Kier molecular flexibility index (Phi) is 2.93. The van der Waals surface area contributed by atoms with E-state index >= 15 is 0 Å². The van der Waals surface area contributed by atoms with E-state index in [0.29, 0.717) is 11.3 Å². The van der Waals surface area contributed by atoms with E-state index in [1.807, 2.05) is 0 Å². The van der Waals surface area contributed by atoms with E-state index in [1.165, 1.54) is 18.4 Å². The van der Waals surface area contributed by atoms with Gasteiger partial charge in [0.15, 0.2) is 0 Å². The van der Waals surface area contributed by atoms with Crippen molar-refractivity contribution in [1.82, 2.24) is 0 Å². The molecule has 1 aromatic heterocycles. The molecule has 1 unspecified atom stereocenters. The standard InChI is InChI=1S/C12H9F3O2/c13-12(14,15)9-5-3-8(4-6-9)11(16)10-2-1-7-17-10/h1-7,11,16H. The first-order valence-corrected chi connectivity index (χ1v) is 4.87. The zero-order valence-electron chi connectivity index (χ0n) is 8.61. The summed E-state index contributed by atoms with van der Waals surface area (Å²) in [6.07, 6.45) is -4.02. The Labute approximate surface area is 95.3 Å². The van der Waals surface area contributed by atoms with Gasteiger partial charge >= 0.3 is 6.18 Å². The summed E-state index contributed by atoms with van der Waals surface area (Å²) in [6.45, 7) is 0. The Morgan fingerprint density at radius 3 is 2.18 bits per heavy atom. The Balaban J connectivity index is 2.24. The van der Waals surface area contributed by atoms with Gasteiger partial charge in [-0.25, -0.2) is 0 Å². The van der Waals surface area contributed by atoms with Gasteiger partial charge in [-0.05, 0) is 29.8 Å². The van der Waals surface area contributed by atoms with Crippen LogP contribution in [0.3, 0.4) is 0 Å². The molecule has 1 heterocycles. The van der Waals surface area contributed by atoms with Crippen molar-refractivity contribution in [2.75, 3.05) is 0 Å². The molecule has 0 saturated heterocycles. The molecule has 90 valence electrons. The van der Waals surface area contributed by atoms with Crippen molar-refractivity contribution in [2.24, 2.45) is 0 Å². The average molecular weight is 242 g/mol. The largest absolute Gasteiger partial charge is 0.466 e. The molecule has 2 aromatic rings. The molecule has 0 fully saturated rings. The number of aliphatic hydroxyl groups excluding tert-OH is 1. The van der Waals surface area contributed by atoms with Gasteiger partial charge in [-0.1, -0.05) is 12.1 Å². The lowest BCUT2D eigenvalue weighted by molar-refractivity contribution is -0.137. The van der Waals surface area contributed by atoms with Gasteiger partial charge in [-0.3, -0.25) is 0 Å². The third-order valence-corrected chi connectivity index (χ3v) is 2.37. The van der Waals surface area contributed by atoms with Crippen LogP contribution in [0.25, 0.3) is 0 Å². The van der Waals surface area contributed by atoms with Gasteiger partial charge in [0.05, 0.1) is 11.8 Å². The molecule has 1 N–H and O–H groups in total. The number of rotatable bonds is 2. The molecule has 2 rings (SSSR count). The van der Waals surface area contributed by atoms with Crippen LogP contribution < -0.4 is 0 Å². The fourth-order valence-electron chi connectivity index (χ4n) is 1.47. The van der Waals surface area contributed by atoms with E-state index in [4.69, 9.17) is 4.42 Å². The van der Waals surface area contributed by atoms with Crippen molar-refractivity contribution in [3.63, 3.8) is 0 Å². The Bertz CT molecular complexity index is 471. The maximum absolute atomic E-state index is 12.3. The number of benzene rings is 1. The summed E-state index contributed by atoms with van der Waals surface area (Å²) in [4.78, 5) is 0. The predicted octanol–water partition coefficient (Wildman–Crippen LogP) is 3.38. The van der Waals surface area contributed by atoms with Crippen LogP contribution in [0.2, 0.25) is 0 Å². The van der Waals surface area contributed by atoms with Crippen molar-refractivity contribution < 1.29 is 22.7 Å². The van der Waals surface area contributed by atoms with E-state index < -0.39 is 17.8 Å². The molecule has 0 aliphatic carbocycles. The van der Waals surface area contributed by atoms with E-state index in [9.17, 15) is 18.3 Å². The van der Waals surface area contributed by atoms with Crippen LogP contribution in [0, 0.1) is 0 Å². The molecule has 0 saturated carbocycles. The van der Waals surface area contributed by atoms with Gasteiger partial charge in [-0.15, -0.1) is 0 Å². The normalized spacial score (nSPS) is 13.6. The van der Waals surface area contributed by atoms with Crippen LogP contribution >= 0.6 is 0 Å². The second-order valence-corrected chi connectivity index (χ2v) is 3.54. The summed E-state index contributed by atoms with van der Waals surface area (Å²) >= 11 is 0. The number of furan rings is 1. The van der Waals surface area contributed by atoms with E-state index in [0.717, 1.165) is 12.1 Å². The minimum atomic E-state index is -4.37. The van der Waals surface area contributed by atoms with Crippen LogP contribution in [-0.4, -0.2) is 5.11 Å². The number of hydrogen-bond donors (Lipinski definition) is 1. The molecule has 1 atom stereocenters. The first kappa shape index (κ1) is 11.7. The van der Waals surface area contributed by atoms with Gasteiger partial charge < -0.3 is 9.52 Å². The van der Waals surface area contributed by atoms with Crippen molar-refractivity contribution in [2.45, 2.75) is 12.3 Å². The van der Waals surface area contributed by atoms with E-state index in [-0.39, 0.29) is 0 Å². The lowest BCUT2D eigenvalue weighted by Gasteiger charge is -2.10. The number of alkyl halides is 3. The minimum Gasteiger partial charge on any atom is -0.466 e. The van der Waals surface area contributed by atoms with Crippen molar-refractivity contribution >= 4 is 0 Å². The Morgan fingerprint density at radius 1 is 1.06 bits per heavy atom. The van der Waals surface area contributed by atoms with E-state index in [2.05, 4.69) is 0 Å². The lowest BCUT2D eigenvalue weighted by Crippen LogP contribution is -2.05. The second-order valence-electron chi connectivity index (χ2n) is 3.54. The smallest absolute Gasteiger partial charge is 0.416 e. The molecular formula is C12H9F3O2. The van der Waals surface area contributed by atoms with Crippen molar-refractivity contribution in [3.05, 3.63) is 59.5 Å². The molecule has 0 aliphatic rings. The summed E-state index contributed by atoms with van der Waals surface area (Å²) < 4.78 is 41.9. The molecular weight excluding hydrogens is 233 g/mol. The highest BCUT2D eigenvalue weighted by Crippen LogP contribution is 2.30. The first-order valence-electron chi connectivity index (χ1n) is 4.87. The Hall–Kier alpha value is -1.75. The summed E-state index contributed by atoms with van der Waals surface area (Å²) in [5.74, 6) is 0.296. The fourth-order valence-corrected chi connectivity index (χ4v) is 1.47. The predicted molar refractivity (Wildman–Crippen MR) is 54.2 cm³/mol. The van der Waals surface area contributed by atoms with Gasteiger partial charge in [0.1, 0.15) is 11.9 Å². The molecule has 0 radical (unpaired) electrons. The molecule has 5 heteroatoms. The molecule has 2 nitrogen and oxygen atoms in total. The third-order valence-electron chi connectivity index (χ3n) is 2.37. The number of halogens is 3. The summed E-state index contributed by atoms with van der Waals surface area (Å²) in [6, 6.07) is 7.49. The molecule has 0 aliphatic heterocycles. The average Bonchev–Trinajstić information content (AvgIpc) is 2.80. The van der Waals surface area contributed by atoms with Crippen LogP contribution in [0.4, 0.5) is 13.2 Å². The Morgan fingerprint density at radius 2 is 1.71 bits per heavy atom. The highest BCUT2D eigenvalue weighted by molar-refractivity contribution is 5.29. The van der Waals surface area contributed by atoms with Gasteiger partial charge in [0.25, 0.3) is 0 Å². The highest BCUT2D eigenvalue weighted by Gasteiger charge is 2.30. The molecule has 17 heavy (non-hydrogen) atoms. The first-order chi connectivity index (χ1) is 7.98. The molecule has 0 bridgehead atoms. The highest BCUT2D eigenvalue weighted by atomic mass is 19.4. The maximum atomic E-state index is 12.3. The van der Waals surface area contributed by atoms with Gasteiger partial charge in [-0.2, -0.15) is 13.2 Å². The summed E-state index contributed by atoms with van der Waals surface area (Å²) in [7, 11) is 0. The number of aliphatic hydroxyl groups is 1. The summed E-state index contributed by atoms with van der Waals surface area (Å²) in [5, 5.41) is 9.80. The SMILES string of the molecule is OC(c1ccc(C(F)(F)F)cc1)c1ccco1. The van der Waals surface area contributed by atoms with Crippen LogP contribution in [0.15, 0.2) is 47.1 Å². The second kappa shape index (κ2) is 4.25. The van der Waals surface area contributed by atoms with Crippen molar-refractivity contribution in [3.8, 4) is 0 Å². The third kappa shape index (κ3) is 2.50. The summed E-state index contributed by atoms with van der Waals surface area (Å²) in [5.41, 5.74) is -0.388. The lowest BCUT2D eigenvalue weighted by atomic mass is 10.1. The zero-order valence-corrected chi connectivity index (χ0v) is 8.61. The molecule has 0 amide bonds. The van der Waals surface area contributed by atoms with Crippen molar-refractivity contribution in [1.29, 1.82) is 0 Å². The van der Waals surface area contributed by atoms with Crippen LogP contribution in [-0.2, 0) is 6.18 Å². The topological polar surface area (TPSA) is 33.4 Å². The van der Waals surface area contributed by atoms with Gasteiger partial charge in [0.2, 0.25) is 0 Å². The monoisotopic (exact) mass is 242 g/mol. The van der Waals surface area contributed by atoms with Crippen LogP contribution in [0.5, 0.6) is 0 Å². The molecule has 0 spiro atoms. The number of hydrogen-bond acceptors (Lipinski definition) is 2. The molecule has 1 aromatic carbocycles. The fraction of sp³-hybridized carbons (Fsp3) is 0.167. The van der Waals surface area contributed by atoms with E-state index in [1.54, 1.807) is 12.1 Å². The van der Waals surface area contributed by atoms with Gasteiger partial charge in [0, 0.05) is 0 Å². The van der Waals surface area contributed by atoms with Crippen LogP contribution in [0.1, 0.15) is 23.0 Å². The minimum absolute atomic E-state index is 0.296.